The summed E-state index contributed by atoms with van der Waals surface area (Å²) in [5.41, 5.74) is 6.56. The van der Waals surface area contributed by atoms with E-state index < -0.39 is 0 Å². The average Bonchev–Trinajstić information content (AvgIpc) is 2.05. The predicted octanol–water partition coefficient (Wildman–Crippen LogP) is 1.73. The molecule has 0 amide bonds. The minimum atomic E-state index is 0. The van der Waals surface area contributed by atoms with Gasteiger partial charge in [0.25, 0.3) is 0 Å². The Balaban J connectivity index is 0. The molecule has 0 bridgehead atoms. The van der Waals surface area contributed by atoms with Crippen LogP contribution in [0.3, 0.4) is 0 Å². The summed E-state index contributed by atoms with van der Waals surface area (Å²) in [6.45, 7) is 2.03. The molecule has 0 aliphatic heterocycles. The lowest BCUT2D eigenvalue weighted by atomic mass is 10.2. The molecule has 0 aromatic carbocycles. The first-order valence-corrected chi connectivity index (χ1v) is 3.36. The summed E-state index contributed by atoms with van der Waals surface area (Å²) in [4.78, 5) is 7.97. The molecule has 0 radical (unpaired) electrons. The first-order valence-electron chi connectivity index (χ1n) is 3.36. The average molecular weight is 210 g/mol. The van der Waals surface area contributed by atoms with Crippen LogP contribution >= 0.6 is 24.8 Å². The SMILES string of the molecule is CC[C@H](N)c1cnccn1.Cl.Cl. The molecule has 0 aliphatic carbocycles. The molecule has 1 atom stereocenters. The van der Waals surface area contributed by atoms with Crippen molar-refractivity contribution in [2.75, 3.05) is 0 Å². The van der Waals surface area contributed by atoms with Crippen molar-refractivity contribution in [3.05, 3.63) is 24.3 Å². The maximum atomic E-state index is 5.69. The highest BCUT2D eigenvalue weighted by molar-refractivity contribution is 5.85. The van der Waals surface area contributed by atoms with Gasteiger partial charge in [-0.05, 0) is 6.42 Å². The van der Waals surface area contributed by atoms with Crippen LogP contribution in [0.15, 0.2) is 18.6 Å². The fourth-order valence-electron chi connectivity index (χ4n) is 0.711. The zero-order valence-corrected chi connectivity index (χ0v) is 8.44. The summed E-state index contributed by atoms with van der Waals surface area (Å²) in [6, 6.07) is 0.0358. The van der Waals surface area contributed by atoms with Gasteiger partial charge < -0.3 is 5.73 Å². The third-order valence-electron chi connectivity index (χ3n) is 1.40. The fraction of sp³-hybridized carbons (Fsp3) is 0.429. The number of nitrogens with two attached hydrogens (primary N) is 1. The van der Waals surface area contributed by atoms with Crippen LogP contribution in [0.1, 0.15) is 25.1 Å². The Hall–Kier alpha value is -0.380. The molecule has 0 unspecified atom stereocenters. The van der Waals surface area contributed by atoms with E-state index in [1.807, 2.05) is 6.92 Å². The number of hydrogen-bond acceptors (Lipinski definition) is 3. The molecule has 0 aliphatic rings. The Labute approximate surface area is 84.6 Å². The second kappa shape index (κ2) is 7.28. The molecule has 1 rings (SSSR count). The van der Waals surface area contributed by atoms with Crippen LogP contribution in [0.25, 0.3) is 0 Å². The van der Waals surface area contributed by atoms with Crippen molar-refractivity contribution in [2.45, 2.75) is 19.4 Å². The van der Waals surface area contributed by atoms with E-state index in [1.165, 1.54) is 0 Å². The molecule has 0 saturated heterocycles. The van der Waals surface area contributed by atoms with Crippen molar-refractivity contribution in [3.63, 3.8) is 0 Å². The lowest BCUT2D eigenvalue weighted by molar-refractivity contribution is 0.671. The van der Waals surface area contributed by atoms with Crippen molar-refractivity contribution in [3.8, 4) is 0 Å². The van der Waals surface area contributed by atoms with Gasteiger partial charge in [0.15, 0.2) is 0 Å². The highest BCUT2D eigenvalue weighted by atomic mass is 35.5. The van der Waals surface area contributed by atoms with Gasteiger partial charge in [-0.15, -0.1) is 24.8 Å². The maximum Gasteiger partial charge on any atom is 0.0753 e. The molecule has 3 nitrogen and oxygen atoms in total. The van der Waals surface area contributed by atoms with Crippen LogP contribution < -0.4 is 5.73 Å². The van der Waals surface area contributed by atoms with Crippen molar-refractivity contribution in [1.82, 2.24) is 9.97 Å². The highest BCUT2D eigenvalue weighted by Crippen LogP contribution is 2.06. The monoisotopic (exact) mass is 209 g/mol. The van der Waals surface area contributed by atoms with Crippen molar-refractivity contribution >= 4 is 24.8 Å². The summed E-state index contributed by atoms with van der Waals surface area (Å²) in [5.74, 6) is 0. The molecule has 0 saturated carbocycles. The smallest absolute Gasteiger partial charge is 0.0753 e. The van der Waals surface area contributed by atoms with Gasteiger partial charge in [0.05, 0.1) is 5.69 Å². The van der Waals surface area contributed by atoms with Gasteiger partial charge in [-0.1, -0.05) is 6.92 Å². The van der Waals surface area contributed by atoms with Gasteiger partial charge in [-0.2, -0.15) is 0 Å². The third-order valence-corrected chi connectivity index (χ3v) is 1.40. The van der Waals surface area contributed by atoms with E-state index in [-0.39, 0.29) is 30.9 Å². The normalized spacial score (nSPS) is 10.8. The quantitative estimate of drug-likeness (QED) is 0.808. The summed E-state index contributed by atoms with van der Waals surface area (Å²) < 4.78 is 0. The first-order chi connectivity index (χ1) is 4.84. The Bertz CT molecular complexity index is 193. The van der Waals surface area contributed by atoms with Crippen LogP contribution in [-0.2, 0) is 0 Å². The van der Waals surface area contributed by atoms with Crippen molar-refractivity contribution in [1.29, 1.82) is 0 Å². The highest BCUT2D eigenvalue weighted by Gasteiger charge is 2.01. The second-order valence-electron chi connectivity index (χ2n) is 2.15. The molecule has 12 heavy (non-hydrogen) atoms. The van der Waals surface area contributed by atoms with Gasteiger partial charge in [0, 0.05) is 24.6 Å². The molecule has 0 fully saturated rings. The molecule has 5 heteroatoms. The van der Waals surface area contributed by atoms with E-state index in [0.717, 1.165) is 12.1 Å². The Kier molecular flexibility index (Phi) is 8.59. The zero-order valence-electron chi connectivity index (χ0n) is 6.80. The zero-order chi connectivity index (χ0) is 7.40. The Morgan fingerprint density at radius 2 is 2.08 bits per heavy atom. The number of aromatic nitrogens is 2. The Morgan fingerprint density at radius 1 is 1.42 bits per heavy atom. The lowest BCUT2D eigenvalue weighted by Gasteiger charge is -2.04. The number of halogens is 2. The Morgan fingerprint density at radius 3 is 2.50 bits per heavy atom. The summed E-state index contributed by atoms with van der Waals surface area (Å²) in [6.07, 6.45) is 5.91. The van der Waals surface area contributed by atoms with E-state index in [0.29, 0.717) is 0 Å². The van der Waals surface area contributed by atoms with Gasteiger partial charge in [0.1, 0.15) is 0 Å². The molecule has 0 spiro atoms. The predicted molar refractivity (Wildman–Crippen MR) is 53.7 cm³/mol. The minimum absolute atomic E-state index is 0. The van der Waals surface area contributed by atoms with E-state index in [4.69, 9.17) is 5.73 Å². The fourth-order valence-corrected chi connectivity index (χ4v) is 0.711. The van der Waals surface area contributed by atoms with E-state index >= 15 is 0 Å². The molecule has 1 heterocycles. The van der Waals surface area contributed by atoms with Crippen molar-refractivity contribution in [2.24, 2.45) is 5.73 Å². The van der Waals surface area contributed by atoms with Gasteiger partial charge >= 0.3 is 0 Å². The molecule has 70 valence electrons. The van der Waals surface area contributed by atoms with Gasteiger partial charge in [-0.25, -0.2) is 0 Å². The van der Waals surface area contributed by atoms with Crippen LogP contribution in [0.2, 0.25) is 0 Å². The van der Waals surface area contributed by atoms with Gasteiger partial charge in [0.2, 0.25) is 0 Å². The third kappa shape index (κ3) is 3.85. The summed E-state index contributed by atoms with van der Waals surface area (Å²) >= 11 is 0. The maximum absolute atomic E-state index is 5.69. The first kappa shape index (κ1) is 14.2. The largest absolute Gasteiger partial charge is 0.323 e. The standard InChI is InChI=1S/C7H11N3.2ClH/c1-2-6(8)7-5-9-3-4-10-7;;/h3-6H,2,8H2,1H3;2*1H/t6-;;/m0../s1. The molecule has 1 aromatic heterocycles. The minimum Gasteiger partial charge on any atom is -0.323 e. The second-order valence-corrected chi connectivity index (χ2v) is 2.15. The topological polar surface area (TPSA) is 51.8 Å². The van der Waals surface area contributed by atoms with Crippen LogP contribution in [0.5, 0.6) is 0 Å². The van der Waals surface area contributed by atoms with Crippen LogP contribution in [0.4, 0.5) is 0 Å². The molecule has 1 aromatic rings. The van der Waals surface area contributed by atoms with E-state index in [1.54, 1.807) is 18.6 Å². The summed E-state index contributed by atoms with van der Waals surface area (Å²) in [7, 11) is 0. The molecule has 2 N–H and O–H groups in total. The van der Waals surface area contributed by atoms with Gasteiger partial charge in [-0.3, -0.25) is 9.97 Å². The van der Waals surface area contributed by atoms with Crippen LogP contribution in [0, 0.1) is 0 Å². The molecular weight excluding hydrogens is 197 g/mol. The number of rotatable bonds is 2. The number of hydrogen-bond donors (Lipinski definition) is 1. The lowest BCUT2D eigenvalue weighted by Crippen LogP contribution is -2.10. The molecular formula is C7H13Cl2N3. The van der Waals surface area contributed by atoms with E-state index in [9.17, 15) is 0 Å². The number of nitrogens with zero attached hydrogens (tertiary/aromatic N) is 2. The van der Waals surface area contributed by atoms with E-state index in [2.05, 4.69) is 9.97 Å². The summed E-state index contributed by atoms with van der Waals surface area (Å²) in [5, 5.41) is 0. The van der Waals surface area contributed by atoms with Crippen molar-refractivity contribution < 1.29 is 0 Å². The van der Waals surface area contributed by atoms with Crippen LogP contribution in [-0.4, -0.2) is 9.97 Å².